The van der Waals surface area contributed by atoms with Crippen LogP contribution in [0.25, 0.3) is 11.1 Å². The number of para-hydroxylation sites is 1. The Morgan fingerprint density at radius 3 is 2.56 bits per heavy atom. The molecule has 3 heterocycles. The van der Waals surface area contributed by atoms with Crippen LogP contribution >= 0.6 is 11.3 Å². The van der Waals surface area contributed by atoms with Gasteiger partial charge in [0.2, 0.25) is 0 Å². The molecule has 0 aliphatic carbocycles. The largest absolute Gasteiger partial charge is 0.489 e. The van der Waals surface area contributed by atoms with Gasteiger partial charge in [0.15, 0.2) is 5.13 Å². The molecule has 0 N–H and O–H groups in total. The predicted molar refractivity (Wildman–Crippen MR) is 153 cm³/mol. The van der Waals surface area contributed by atoms with Gasteiger partial charge in [-0.15, -0.1) is 11.3 Å². The molecular weight excluding hydrogens is 530 g/mol. The van der Waals surface area contributed by atoms with Gasteiger partial charge >= 0.3 is 0 Å². The third-order valence-electron chi connectivity index (χ3n) is 6.53. The molecule has 1 aliphatic heterocycles. The second-order valence-corrected chi connectivity index (χ2v) is 11.8. The van der Waals surface area contributed by atoms with Gasteiger partial charge in [0, 0.05) is 46.9 Å². The van der Waals surface area contributed by atoms with Crippen molar-refractivity contribution in [1.29, 1.82) is 0 Å². The van der Waals surface area contributed by atoms with Crippen molar-refractivity contribution in [2.75, 3.05) is 22.4 Å². The fraction of sp³-hybridized carbons (Fsp3) is 0.138. The lowest BCUT2D eigenvalue weighted by Gasteiger charge is -2.33. The lowest BCUT2D eigenvalue weighted by atomic mass is 10.0. The van der Waals surface area contributed by atoms with E-state index in [0.717, 1.165) is 33.6 Å². The Morgan fingerprint density at radius 2 is 1.79 bits per heavy atom. The molecule has 0 spiro atoms. The van der Waals surface area contributed by atoms with Crippen molar-refractivity contribution in [3.05, 3.63) is 108 Å². The maximum absolute atomic E-state index is 14.0. The minimum atomic E-state index is -3.93. The molecule has 5 aromatic rings. The molecule has 0 saturated heterocycles. The van der Waals surface area contributed by atoms with Gasteiger partial charge in [-0.25, -0.2) is 27.7 Å². The van der Waals surface area contributed by atoms with E-state index < -0.39 is 10.0 Å². The van der Waals surface area contributed by atoms with E-state index >= 15 is 0 Å². The summed E-state index contributed by atoms with van der Waals surface area (Å²) in [5, 5.41) is 2.19. The van der Waals surface area contributed by atoms with Crippen molar-refractivity contribution >= 4 is 37.9 Å². The zero-order chi connectivity index (χ0) is 26.8. The molecule has 3 aromatic carbocycles. The van der Waals surface area contributed by atoms with Crippen molar-refractivity contribution in [2.45, 2.75) is 18.4 Å². The van der Waals surface area contributed by atoms with E-state index in [9.17, 15) is 8.42 Å². The molecular formula is C29H25N5O3S2. The highest BCUT2D eigenvalue weighted by molar-refractivity contribution is 7.93. The van der Waals surface area contributed by atoms with Gasteiger partial charge in [0.1, 0.15) is 18.7 Å². The standard InChI is InChI=1S/C29H25N5O3S2/c1-21-6-8-22(9-7-21)19-34(29-32-12-15-38-29)39(35,36)24-10-11-27-28(16-24)37-14-13-33(27)26-5-3-2-4-25(26)23-17-30-20-31-18-23/h2-12,15-18,20H,13-14,19H2,1H3. The Bertz CT molecular complexity index is 1690. The minimum absolute atomic E-state index is 0.148. The van der Waals surface area contributed by atoms with Crippen LogP contribution in [-0.4, -0.2) is 36.5 Å². The molecule has 0 bridgehead atoms. The molecule has 0 fully saturated rings. The molecule has 2 aromatic heterocycles. The number of anilines is 3. The van der Waals surface area contributed by atoms with Crippen molar-refractivity contribution in [3.8, 4) is 16.9 Å². The zero-order valence-electron chi connectivity index (χ0n) is 21.1. The first-order chi connectivity index (χ1) is 19.0. The van der Waals surface area contributed by atoms with Crippen LogP contribution < -0.4 is 13.9 Å². The number of fused-ring (bicyclic) bond motifs is 1. The number of sulfonamides is 1. The van der Waals surface area contributed by atoms with Gasteiger partial charge in [-0.3, -0.25) is 0 Å². The highest BCUT2D eigenvalue weighted by atomic mass is 32.2. The molecule has 0 unspecified atom stereocenters. The second kappa shape index (κ2) is 10.5. The predicted octanol–water partition coefficient (Wildman–Crippen LogP) is 5.83. The van der Waals surface area contributed by atoms with Crippen molar-refractivity contribution in [1.82, 2.24) is 15.0 Å². The first-order valence-electron chi connectivity index (χ1n) is 12.4. The summed E-state index contributed by atoms with van der Waals surface area (Å²) in [4.78, 5) is 14.9. The van der Waals surface area contributed by atoms with Crippen LogP contribution in [0.1, 0.15) is 11.1 Å². The summed E-state index contributed by atoms with van der Waals surface area (Å²) in [7, 11) is -3.93. The molecule has 6 rings (SSSR count). The molecule has 0 amide bonds. The number of ether oxygens (including phenoxy) is 1. The molecule has 0 atom stereocenters. The average molecular weight is 556 g/mol. The topological polar surface area (TPSA) is 88.5 Å². The van der Waals surface area contributed by atoms with Crippen LogP contribution in [0.3, 0.4) is 0 Å². The molecule has 10 heteroatoms. The Kier molecular flexibility index (Phi) is 6.72. The Morgan fingerprint density at radius 1 is 1.00 bits per heavy atom. The van der Waals surface area contributed by atoms with Crippen molar-refractivity contribution in [3.63, 3.8) is 0 Å². The van der Waals surface area contributed by atoms with Crippen LogP contribution in [-0.2, 0) is 16.6 Å². The third kappa shape index (κ3) is 4.96. The molecule has 1 aliphatic rings. The number of rotatable bonds is 7. The summed E-state index contributed by atoms with van der Waals surface area (Å²) in [5.41, 5.74) is 5.63. The van der Waals surface area contributed by atoms with Crippen LogP contribution in [0.5, 0.6) is 5.75 Å². The van der Waals surface area contributed by atoms with Crippen LogP contribution in [0.2, 0.25) is 0 Å². The zero-order valence-corrected chi connectivity index (χ0v) is 22.8. The van der Waals surface area contributed by atoms with E-state index in [0.29, 0.717) is 24.0 Å². The third-order valence-corrected chi connectivity index (χ3v) is 9.17. The van der Waals surface area contributed by atoms with Gasteiger partial charge in [-0.2, -0.15) is 0 Å². The summed E-state index contributed by atoms with van der Waals surface area (Å²) in [6.07, 6.45) is 6.68. The summed E-state index contributed by atoms with van der Waals surface area (Å²) < 4.78 is 35.3. The lowest BCUT2D eigenvalue weighted by molar-refractivity contribution is 0.313. The Balaban J connectivity index is 1.37. The number of benzene rings is 3. The van der Waals surface area contributed by atoms with E-state index in [1.807, 2.05) is 61.5 Å². The summed E-state index contributed by atoms with van der Waals surface area (Å²) in [6, 6.07) is 20.9. The summed E-state index contributed by atoms with van der Waals surface area (Å²) in [6.45, 7) is 3.20. The van der Waals surface area contributed by atoms with Gasteiger partial charge in [-0.1, -0.05) is 48.0 Å². The average Bonchev–Trinajstić information content (AvgIpc) is 3.51. The fourth-order valence-corrected chi connectivity index (χ4v) is 6.88. The normalized spacial score (nSPS) is 13.0. The lowest BCUT2D eigenvalue weighted by Crippen LogP contribution is -2.32. The van der Waals surface area contributed by atoms with Crippen LogP contribution in [0, 0.1) is 6.92 Å². The van der Waals surface area contributed by atoms with E-state index in [1.165, 1.54) is 22.0 Å². The number of aryl methyl sites for hydroxylation is 1. The molecule has 0 saturated carbocycles. The van der Waals surface area contributed by atoms with Gasteiger partial charge in [0.25, 0.3) is 10.0 Å². The first kappa shape index (κ1) is 25.0. The minimum Gasteiger partial charge on any atom is -0.489 e. The maximum atomic E-state index is 14.0. The van der Waals surface area contributed by atoms with E-state index in [2.05, 4.69) is 19.9 Å². The fourth-order valence-electron chi connectivity index (χ4n) is 4.58. The van der Waals surface area contributed by atoms with Crippen LogP contribution in [0.4, 0.5) is 16.5 Å². The number of aromatic nitrogens is 3. The molecule has 0 radical (unpaired) electrons. The summed E-state index contributed by atoms with van der Waals surface area (Å²) >= 11 is 1.29. The number of hydrogen-bond donors (Lipinski definition) is 0. The van der Waals surface area contributed by atoms with Gasteiger partial charge in [-0.05, 0) is 30.7 Å². The number of nitrogens with zero attached hydrogens (tertiary/aromatic N) is 5. The quantitative estimate of drug-likeness (QED) is 0.249. The highest BCUT2D eigenvalue weighted by Crippen LogP contribution is 2.42. The van der Waals surface area contributed by atoms with Crippen molar-refractivity contribution < 1.29 is 13.2 Å². The number of thiazole rings is 1. The summed E-state index contributed by atoms with van der Waals surface area (Å²) in [5.74, 6) is 0.510. The van der Waals surface area contributed by atoms with E-state index in [-0.39, 0.29) is 11.4 Å². The van der Waals surface area contributed by atoms with E-state index in [1.54, 1.807) is 36.1 Å². The SMILES string of the molecule is Cc1ccc(CN(c2nccs2)S(=O)(=O)c2ccc3c(c2)OCCN3c2ccccc2-c2cncnc2)cc1. The van der Waals surface area contributed by atoms with Crippen LogP contribution in [0.15, 0.2) is 102 Å². The van der Waals surface area contributed by atoms with Gasteiger partial charge < -0.3 is 9.64 Å². The van der Waals surface area contributed by atoms with E-state index in [4.69, 9.17) is 4.74 Å². The Hall–Kier alpha value is -4.28. The second-order valence-electron chi connectivity index (χ2n) is 9.09. The smallest absolute Gasteiger partial charge is 0.266 e. The first-order valence-corrected chi connectivity index (χ1v) is 14.7. The molecule has 39 heavy (non-hydrogen) atoms. The van der Waals surface area contributed by atoms with Gasteiger partial charge in [0.05, 0.1) is 23.7 Å². The highest BCUT2D eigenvalue weighted by Gasteiger charge is 2.30. The van der Waals surface area contributed by atoms with Crippen molar-refractivity contribution in [2.24, 2.45) is 0 Å². The number of hydrogen-bond acceptors (Lipinski definition) is 8. The maximum Gasteiger partial charge on any atom is 0.266 e. The monoisotopic (exact) mass is 555 g/mol. The Labute approximate surface area is 231 Å². The molecule has 196 valence electrons. The molecule has 8 nitrogen and oxygen atoms in total.